The Hall–Kier alpha value is -3.01. The van der Waals surface area contributed by atoms with Crippen LogP contribution in [0.15, 0.2) is 24.3 Å². The minimum atomic E-state index is -0.660. The van der Waals surface area contributed by atoms with Crippen LogP contribution in [-0.2, 0) is 4.74 Å². The van der Waals surface area contributed by atoms with Gasteiger partial charge in [0.05, 0.1) is 19.9 Å². The number of aromatic nitrogens is 2. The fourth-order valence-electron chi connectivity index (χ4n) is 1.72. The number of nitriles is 1. The molecule has 1 aromatic heterocycles. The molecule has 1 aromatic carbocycles. The van der Waals surface area contributed by atoms with Crippen LogP contribution in [0.25, 0.3) is 5.69 Å². The van der Waals surface area contributed by atoms with Crippen LogP contribution >= 0.6 is 0 Å². The highest BCUT2D eigenvalue weighted by atomic mass is 16.5. The second-order valence-electron chi connectivity index (χ2n) is 3.82. The highest BCUT2D eigenvalue weighted by Crippen LogP contribution is 2.23. The number of carbonyl (C=O) groups is 1. The van der Waals surface area contributed by atoms with Crippen molar-refractivity contribution >= 4 is 11.7 Å². The summed E-state index contributed by atoms with van der Waals surface area (Å²) in [6.45, 7) is 0. The summed E-state index contributed by atoms with van der Waals surface area (Å²) >= 11 is 0. The highest BCUT2D eigenvalue weighted by Gasteiger charge is 2.23. The Bertz CT molecular complexity index is 683. The molecule has 2 rings (SSSR count). The fraction of sp³-hybridized carbons (Fsp3) is 0.154. The molecule has 0 radical (unpaired) electrons. The van der Waals surface area contributed by atoms with Gasteiger partial charge in [0.2, 0.25) is 0 Å². The van der Waals surface area contributed by atoms with Crippen molar-refractivity contribution in [2.24, 2.45) is 0 Å². The first-order valence-electron chi connectivity index (χ1n) is 5.63. The minimum absolute atomic E-state index is 0.00447. The van der Waals surface area contributed by atoms with Gasteiger partial charge in [-0.2, -0.15) is 10.4 Å². The molecule has 2 N–H and O–H groups in total. The Morgan fingerprint density at radius 3 is 2.50 bits per heavy atom. The molecule has 7 nitrogen and oxygen atoms in total. The van der Waals surface area contributed by atoms with Crippen LogP contribution < -0.4 is 10.5 Å². The number of anilines is 1. The lowest BCUT2D eigenvalue weighted by molar-refractivity contribution is 0.0591. The molecule has 0 spiro atoms. The number of esters is 1. The van der Waals surface area contributed by atoms with Crippen molar-refractivity contribution in [3.05, 3.63) is 35.7 Å². The maximum absolute atomic E-state index is 11.8. The molecule has 0 unspecified atom stereocenters. The zero-order valence-corrected chi connectivity index (χ0v) is 11.0. The molecule has 0 fully saturated rings. The number of nitrogen functional groups attached to an aromatic ring is 1. The average Bonchev–Trinajstić information content (AvgIpc) is 2.83. The van der Waals surface area contributed by atoms with Gasteiger partial charge in [-0.1, -0.05) is 0 Å². The van der Waals surface area contributed by atoms with Gasteiger partial charge >= 0.3 is 5.97 Å². The maximum Gasteiger partial charge on any atom is 0.359 e. The van der Waals surface area contributed by atoms with E-state index in [2.05, 4.69) is 9.84 Å². The third-order valence-electron chi connectivity index (χ3n) is 2.72. The Kier molecular flexibility index (Phi) is 3.57. The second kappa shape index (κ2) is 5.32. The summed E-state index contributed by atoms with van der Waals surface area (Å²) < 4.78 is 11.0. The molecule has 7 heteroatoms. The van der Waals surface area contributed by atoms with Gasteiger partial charge in [0.15, 0.2) is 11.4 Å². The largest absolute Gasteiger partial charge is 0.497 e. The van der Waals surface area contributed by atoms with Gasteiger partial charge in [-0.15, -0.1) is 0 Å². The normalized spacial score (nSPS) is 9.85. The van der Waals surface area contributed by atoms with Crippen LogP contribution in [0.2, 0.25) is 0 Å². The van der Waals surface area contributed by atoms with Crippen molar-refractivity contribution in [3.8, 4) is 17.5 Å². The lowest BCUT2D eigenvalue weighted by atomic mass is 10.2. The van der Waals surface area contributed by atoms with E-state index in [4.69, 9.17) is 15.7 Å². The van der Waals surface area contributed by atoms with Gasteiger partial charge in [0, 0.05) is 0 Å². The predicted molar refractivity (Wildman–Crippen MR) is 70.6 cm³/mol. The minimum Gasteiger partial charge on any atom is -0.497 e. The monoisotopic (exact) mass is 272 g/mol. The molecular formula is C13H12N4O3. The van der Waals surface area contributed by atoms with Gasteiger partial charge in [-0.25, -0.2) is 9.48 Å². The number of rotatable bonds is 3. The van der Waals surface area contributed by atoms with Crippen LogP contribution in [0.1, 0.15) is 16.2 Å². The standard InChI is InChI=1S/C13H12N4O3/c1-19-9-5-3-8(4-6-9)17-12(13(18)20-2)11(15)10(7-14)16-17/h3-6H,15H2,1-2H3. The van der Waals surface area contributed by atoms with Crippen molar-refractivity contribution in [2.45, 2.75) is 0 Å². The number of ether oxygens (including phenoxy) is 2. The van der Waals surface area contributed by atoms with Crippen molar-refractivity contribution in [1.29, 1.82) is 5.26 Å². The summed E-state index contributed by atoms with van der Waals surface area (Å²) in [7, 11) is 2.79. The molecule has 0 bridgehead atoms. The SMILES string of the molecule is COC(=O)c1c(N)c(C#N)nn1-c1ccc(OC)cc1. The van der Waals surface area contributed by atoms with E-state index < -0.39 is 5.97 Å². The summed E-state index contributed by atoms with van der Waals surface area (Å²) in [4.78, 5) is 11.8. The Morgan fingerprint density at radius 1 is 1.35 bits per heavy atom. The lowest BCUT2D eigenvalue weighted by Gasteiger charge is -2.07. The third-order valence-corrected chi connectivity index (χ3v) is 2.72. The van der Waals surface area contributed by atoms with Crippen molar-refractivity contribution in [1.82, 2.24) is 9.78 Å². The molecular weight excluding hydrogens is 260 g/mol. The first-order valence-corrected chi connectivity index (χ1v) is 5.63. The Balaban J connectivity index is 2.60. The number of hydrogen-bond donors (Lipinski definition) is 1. The number of hydrogen-bond acceptors (Lipinski definition) is 6. The van der Waals surface area contributed by atoms with E-state index in [1.165, 1.54) is 11.8 Å². The third kappa shape index (κ3) is 2.14. The Morgan fingerprint density at radius 2 is 2.00 bits per heavy atom. The van der Waals surface area contributed by atoms with Crippen LogP contribution in [0, 0.1) is 11.3 Å². The average molecular weight is 272 g/mol. The molecule has 0 saturated carbocycles. The summed E-state index contributed by atoms with van der Waals surface area (Å²) in [5.41, 5.74) is 6.31. The van der Waals surface area contributed by atoms with Gasteiger partial charge in [0.25, 0.3) is 0 Å². The molecule has 0 aliphatic heterocycles. The zero-order chi connectivity index (χ0) is 14.7. The van der Waals surface area contributed by atoms with Crippen molar-refractivity contribution in [3.63, 3.8) is 0 Å². The highest BCUT2D eigenvalue weighted by molar-refractivity contribution is 5.95. The first-order chi connectivity index (χ1) is 9.62. The first kappa shape index (κ1) is 13.4. The van der Waals surface area contributed by atoms with Crippen molar-refractivity contribution in [2.75, 3.05) is 20.0 Å². The topological polar surface area (TPSA) is 103 Å². The van der Waals surface area contributed by atoms with E-state index in [-0.39, 0.29) is 17.1 Å². The molecule has 2 aromatic rings. The molecule has 102 valence electrons. The quantitative estimate of drug-likeness (QED) is 0.840. The van der Waals surface area contributed by atoms with Gasteiger partial charge in [-0.3, -0.25) is 0 Å². The van der Waals surface area contributed by atoms with Crippen LogP contribution in [-0.4, -0.2) is 30.0 Å². The number of nitrogens with two attached hydrogens (primary N) is 1. The van der Waals surface area contributed by atoms with Gasteiger partial charge in [-0.05, 0) is 24.3 Å². The smallest absolute Gasteiger partial charge is 0.359 e. The maximum atomic E-state index is 11.8. The number of carbonyl (C=O) groups excluding carboxylic acids is 1. The molecule has 0 aliphatic carbocycles. The number of nitrogens with zero attached hydrogens (tertiary/aromatic N) is 3. The molecule has 0 amide bonds. The molecule has 20 heavy (non-hydrogen) atoms. The summed E-state index contributed by atoms with van der Waals surface area (Å²) in [6, 6.07) is 8.64. The number of benzene rings is 1. The van der Waals surface area contributed by atoms with Crippen LogP contribution in [0.3, 0.4) is 0 Å². The van der Waals surface area contributed by atoms with E-state index in [0.29, 0.717) is 11.4 Å². The van der Waals surface area contributed by atoms with E-state index in [9.17, 15) is 4.79 Å². The molecule has 1 heterocycles. The zero-order valence-electron chi connectivity index (χ0n) is 11.0. The second-order valence-corrected chi connectivity index (χ2v) is 3.82. The lowest BCUT2D eigenvalue weighted by Crippen LogP contribution is -2.12. The fourth-order valence-corrected chi connectivity index (χ4v) is 1.72. The van der Waals surface area contributed by atoms with Gasteiger partial charge in [0.1, 0.15) is 17.5 Å². The van der Waals surface area contributed by atoms with Crippen molar-refractivity contribution < 1.29 is 14.3 Å². The predicted octanol–water partition coefficient (Wildman–Crippen LogP) is 1.12. The molecule has 0 atom stereocenters. The molecule has 0 saturated heterocycles. The summed E-state index contributed by atoms with van der Waals surface area (Å²) in [5, 5.41) is 13.0. The number of methoxy groups -OCH3 is 2. The summed E-state index contributed by atoms with van der Waals surface area (Å²) in [5.74, 6) is 0.00122. The van der Waals surface area contributed by atoms with E-state index in [1.54, 1.807) is 31.4 Å². The summed E-state index contributed by atoms with van der Waals surface area (Å²) in [6.07, 6.45) is 0. The van der Waals surface area contributed by atoms with Crippen LogP contribution in [0.5, 0.6) is 5.75 Å². The Labute approximate surface area is 115 Å². The van der Waals surface area contributed by atoms with E-state index >= 15 is 0 Å². The van der Waals surface area contributed by atoms with E-state index in [0.717, 1.165) is 0 Å². The van der Waals surface area contributed by atoms with Crippen LogP contribution in [0.4, 0.5) is 5.69 Å². The molecule has 0 aliphatic rings. The van der Waals surface area contributed by atoms with Gasteiger partial charge < -0.3 is 15.2 Å². The van der Waals surface area contributed by atoms with E-state index in [1.807, 2.05) is 6.07 Å².